The van der Waals surface area contributed by atoms with E-state index in [4.69, 9.17) is 11.6 Å². The van der Waals surface area contributed by atoms with Gasteiger partial charge in [0.15, 0.2) is 11.6 Å². The molecule has 0 spiro atoms. The molecule has 0 N–H and O–H groups in total. The van der Waals surface area contributed by atoms with E-state index in [1.165, 1.54) is 17.4 Å². The van der Waals surface area contributed by atoms with Gasteiger partial charge in [0.05, 0.1) is 5.69 Å². The highest BCUT2D eigenvalue weighted by atomic mass is 35.5. The Balaban J connectivity index is 1.82. The second kappa shape index (κ2) is 6.54. The van der Waals surface area contributed by atoms with E-state index in [1.807, 2.05) is 6.92 Å². The second-order valence-electron chi connectivity index (χ2n) is 7.21. The highest BCUT2D eigenvalue weighted by Crippen LogP contribution is 2.46. The molecule has 0 aliphatic heterocycles. The van der Waals surface area contributed by atoms with Crippen LogP contribution in [0.5, 0.6) is 0 Å². The van der Waals surface area contributed by atoms with Crippen molar-refractivity contribution in [2.75, 3.05) is 0 Å². The quantitative estimate of drug-likeness (QED) is 0.682. The molecule has 2 aliphatic carbocycles. The lowest BCUT2D eigenvalue weighted by molar-refractivity contribution is -0.136. The van der Waals surface area contributed by atoms with Gasteiger partial charge in [-0.25, -0.2) is 9.37 Å². The summed E-state index contributed by atoms with van der Waals surface area (Å²) in [7, 11) is 0. The van der Waals surface area contributed by atoms with Crippen LogP contribution in [0.4, 0.5) is 4.39 Å². The predicted octanol–water partition coefficient (Wildman–Crippen LogP) is 5.13. The predicted molar refractivity (Wildman–Crippen MR) is 100 cm³/mol. The van der Waals surface area contributed by atoms with E-state index in [0.717, 1.165) is 17.7 Å². The van der Waals surface area contributed by atoms with Crippen LogP contribution >= 0.6 is 22.9 Å². The van der Waals surface area contributed by atoms with Gasteiger partial charge in [0.1, 0.15) is 16.7 Å². The van der Waals surface area contributed by atoms with Crippen LogP contribution in [0, 0.1) is 24.6 Å². The molecule has 1 aromatic heterocycles. The Kier molecular flexibility index (Phi) is 4.48. The van der Waals surface area contributed by atoms with Crippen molar-refractivity contribution in [1.82, 2.24) is 4.98 Å². The number of hydrogen-bond acceptors (Lipinski definition) is 4. The minimum Gasteiger partial charge on any atom is -0.298 e. The number of aromatic nitrogens is 1. The number of Topliss-reactive ketones (excluding diaryl/α,β-unsaturated/α-hetero) is 2. The highest BCUT2D eigenvalue weighted by Gasteiger charge is 2.49. The third kappa shape index (κ3) is 2.72. The van der Waals surface area contributed by atoms with Gasteiger partial charge in [0.25, 0.3) is 0 Å². The summed E-state index contributed by atoms with van der Waals surface area (Å²) in [6.45, 7) is 3.76. The van der Waals surface area contributed by atoms with Crippen LogP contribution in [-0.2, 0) is 16.0 Å². The fraction of sp³-hybridized carbons (Fsp3) is 0.450. The van der Waals surface area contributed by atoms with E-state index < -0.39 is 11.7 Å². The van der Waals surface area contributed by atoms with E-state index >= 15 is 0 Å². The first-order valence-electron chi connectivity index (χ1n) is 8.93. The van der Waals surface area contributed by atoms with Crippen LogP contribution in [0.15, 0.2) is 12.1 Å². The zero-order chi connectivity index (χ0) is 18.6. The van der Waals surface area contributed by atoms with E-state index in [-0.39, 0.29) is 23.4 Å². The van der Waals surface area contributed by atoms with Gasteiger partial charge >= 0.3 is 0 Å². The monoisotopic (exact) mass is 391 g/mol. The number of aryl methyl sites for hydroxylation is 2. The molecule has 0 saturated heterocycles. The average molecular weight is 392 g/mol. The standard InChI is InChI=1S/C20H19ClFNO2S/c1-3-14-17(16-18(24)10-4-5-11(7-10)19(16)25)23-20(26-14)15-9(2)6-12(21)8-13(15)22/h6,8,10-11,16H,3-5,7H2,1-2H3/t10-,11+,16?. The Bertz CT molecular complexity index is 878. The van der Waals surface area contributed by atoms with Gasteiger partial charge in [-0.2, -0.15) is 0 Å². The summed E-state index contributed by atoms with van der Waals surface area (Å²) in [5, 5.41) is 0.854. The van der Waals surface area contributed by atoms with Crippen LogP contribution in [-0.4, -0.2) is 16.6 Å². The van der Waals surface area contributed by atoms with Crippen LogP contribution < -0.4 is 0 Å². The maximum atomic E-state index is 14.5. The summed E-state index contributed by atoms with van der Waals surface area (Å²) >= 11 is 7.29. The molecule has 1 aromatic carbocycles. The number of ketones is 2. The molecule has 2 aromatic rings. The van der Waals surface area contributed by atoms with Gasteiger partial charge in [0, 0.05) is 27.3 Å². The van der Waals surface area contributed by atoms with Crippen molar-refractivity contribution in [3.8, 4) is 10.6 Å². The minimum atomic E-state index is -0.767. The van der Waals surface area contributed by atoms with E-state index in [2.05, 4.69) is 4.98 Å². The summed E-state index contributed by atoms with van der Waals surface area (Å²) in [5.41, 5.74) is 1.64. The first-order chi connectivity index (χ1) is 12.4. The molecule has 3 nitrogen and oxygen atoms in total. The third-order valence-corrected chi connectivity index (χ3v) is 7.05. The van der Waals surface area contributed by atoms with Gasteiger partial charge in [0.2, 0.25) is 0 Å². The Hall–Kier alpha value is -1.59. The molecule has 3 atom stereocenters. The molecule has 4 rings (SSSR count). The number of fused-ring (bicyclic) bond motifs is 2. The summed E-state index contributed by atoms with van der Waals surface area (Å²) < 4.78 is 14.5. The Morgan fingerprint density at radius 3 is 2.46 bits per heavy atom. The van der Waals surface area contributed by atoms with E-state index in [1.54, 1.807) is 13.0 Å². The van der Waals surface area contributed by atoms with Crippen molar-refractivity contribution in [1.29, 1.82) is 0 Å². The molecule has 26 heavy (non-hydrogen) atoms. The summed E-state index contributed by atoms with van der Waals surface area (Å²) in [6, 6.07) is 2.97. The third-order valence-electron chi connectivity index (χ3n) is 5.59. The number of benzene rings is 1. The fourth-order valence-electron chi connectivity index (χ4n) is 4.30. The van der Waals surface area contributed by atoms with Gasteiger partial charge < -0.3 is 0 Å². The van der Waals surface area contributed by atoms with Gasteiger partial charge in [-0.05, 0) is 50.3 Å². The first-order valence-corrected chi connectivity index (χ1v) is 10.1. The molecule has 136 valence electrons. The number of nitrogens with zero attached hydrogens (tertiary/aromatic N) is 1. The molecular formula is C20H19ClFNO2S. The molecule has 0 radical (unpaired) electrons. The van der Waals surface area contributed by atoms with Crippen LogP contribution in [0.1, 0.15) is 48.2 Å². The highest BCUT2D eigenvalue weighted by molar-refractivity contribution is 7.15. The van der Waals surface area contributed by atoms with E-state index in [9.17, 15) is 14.0 Å². The van der Waals surface area contributed by atoms with Crippen molar-refractivity contribution in [2.24, 2.45) is 11.8 Å². The molecule has 2 bridgehead atoms. The van der Waals surface area contributed by atoms with Crippen LogP contribution in [0.2, 0.25) is 5.02 Å². The molecule has 2 aliphatic rings. The normalized spacial score (nSPS) is 25.2. The number of thiazole rings is 1. The molecular weight excluding hydrogens is 373 g/mol. The van der Waals surface area contributed by atoms with Gasteiger partial charge in [-0.1, -0.05) is 18.5 Å². The molecule has 0 amide bonds. The number of carbonyl (C=O) groups is 2. The minimum absolute atomic E-state index is 0.00333. The molecule has 1 heterocycles. The largest absolute Gasteiger partial charge is 0.298 e. The van der Waals surface area contributed by atoms with Crippen LogP contribution in [0.3, 0.4) is 0 Å². The van der Waals surface area contributed by atoms with Crippen molar-refractivity contribution in [3.63, 3.8) is 0 Å². The lowest BCUT2D eigenvalue weighted by Gasteiger charge is -2.24. The SMILES string of the molecule is CCc1sc(-c2c(C)cc(Cl)cc2F)nc1C1C(=O)[C@@H]2CC[C@@H](C2)C1=O. The second-order valence-corrected chi connectivity index (χ2v) is 8.73. The summed E-state index contributed by atoms with van der Waals surface area (Å²) in [4.78, 5) is 31.2. The van der Waals surface area contributed by atoms with Gasteiger partial charge in [-0.3, -0.25) is 9.59 Å². The van der Waals surface area contributed by atoms with Crippen LogP contribution in [0.25, 0.3) is 10.6 Å². The first kappa shape index (κ1) is 17.8. The number of carbonyl (C=O) groups excluding carboxylic acids is 2. The Morgan fingerprint density at radius 1 is 1.23 bits per heavy atom. The zero-order valence-electron chi connectivity index (χ0n) is 14.6. The lowest BCUT2D eigenvalue weighted by atomic mass is 9.77. The molecule has 6 heteroatoms. The smallest absolute Gasteiger partial charge is 0.152 e. The molecule has 1 unspecified atom stereocenters. The zero-order valence-corrected chi connectivity index (χ0v) is 16.2. The number of hydrogen-bond donors (Lipinski definition) is 0. The molecule has 2 fully saturated rings. The topological polar surface area (TPSA) is 47.0 Å². The summed E-state index contributed by atoms with van der Waals surface area (Å²) in [6.07, 6.45) is 2.95. The maximum Gasteiger partial charge on any atom is 0.152 e. The van der Waals surface area contributed by atoms with Gasteiger partial charge in [-0.15, -0.1) is 11.3 Å². The maximum absolute atomic E-state index is 14.5. The number of halogens is 2. The summed E-state index contributed by atoms with van der Waals surface area (Å²) in [5.74, 6) is -1.23. The average Bonchev–Trinajstić information content (AvgIpc) is 3.18. The van der Waals surface area contributed by atoms with Crippen molar-refractivity contribution < 1.29 is 14.0 Å². The fourth-order valence-corrected chi connectivity index (χ4v) is 5.71. The van der Waals surface area contributed by atoms with E-state index in [0.29, 0.717) is 39.7 Å². The number of rotatable bonds is 3. The van der Waals surface area contributed by atoms with Crippen molar-refractivity contribution >= 4 is 34.5 Å². The Labute approximate surface area is 160 Å². The van der Waals surface area contributed by atoms with Crippen molar-refractivity contribution in [3.05, 3.63) is 39.1 Å². The molecule has 2 saturated carbocycles. The Morgan fingerprint density at radius 2 is 1.88 bits per heavy atom. The van der Waals surface area contributed by atoms with Crippen molar-refractivity contribution in [2.45, 2.75) is 45.4 Å². The lowest BCUT2D eigenvalue weighted by Crippen LogP contribution is -2.35.